The van der Waals surface area contributed by atoms with Gasteiger partial charge < -0.3 is 11.1 Å². The Morgan fingerprint density at radius 1 is 1.19 bits per heavy atom. The Hall–Kier alpha value is -2.10. The molecule has 0 aromatic carbocycles. The van der Waals surface area contributed by atoms with Crippen LogP contribution >= 0.6 is 0 Å². The summed E-state index contributed by atoms with van der Waals surface area (Å²) in [7, 11) is 0. The van der Waals surface area contributed by atoms with Crippen molar-refractivity contribution in [3.05, 3.63) is 41.9 Å². The van der Waals surface area contributed by atoms with Gasteiger partial charge in [-0.25, -0.2) is 4.98 Å². The number of hydrogen-bond donors (Lipinski definition) is 2. The fourth-order valence-corrected chi connectivity index (χ4v) is 1.42. The molecule has 82 valence electrons. The van der Waals surface area contributed by atoms with Crippen molar-refractivity contribution in [2.75, 3.05) is 11.1 Å². The predicted molar refractivity (Wildman–Crippen MR) is 65.6 cm³/mol. The van der Waals surface area contributed by atoms with Gasteiger partial charge >= 0.3 is 0 Å². The van der Waals surface area contributed by atoms with Crippen molar-refractivity contribution in [3.8, 4) is 0 Å². The monoisotopic (exact) mass is 214 g/mol. The zero-order valence-corrected chi connectivity index (χ0v) is 9.36. The van der Waals surface area contributed by atoms with Crippen LogP contribution in [-0.2, 0) is 0 Å². The summed E-state index contributed by atoms with van der Waals surface area (Å²) < 4.78 is 0. The fraction of sp³-hybridized carbons (Fsp3) is 0.167. The lowest BCUT2D eigenvalue weighted by Gasteiger charge is -2.11. The highest BCUT2D eigenvalue weighted by molar-refractivity contribution is 5.63. The zero-order chi connectivity index (χ0) is 11.5. The molecular weight excluding hydrogens is 200 g/mol. The number of hydrogen-bond acceptors (Lipinski definition) is 4. The normalized spacial score (nSPS) is 10.1. The van der Waals surface area contributed by atoms with Crippen LogP contribution in [0.1, 0.15) is 11.1 Å². The molecule has 0 atom stereocenters. The first-order chi connectivity index (χ1) is 7.68. The SMILES string of the molecule is Cc1c(N)cnc(Nc2cccnc2)c1C. The van der Waals surface area contributed by atoms with Crippen molar-refractivity contribution in [2.24, 2.45) is 0 Å². The Balaban J connectivity index is 2.33. The van der Waals surface area contributed by atoms with Crippen LogP contribution in [0, 0.1) is 13.8 Å². The van der Waals surface area contributed by atoms with Crippen LogP contribution in [0.5, 0.6) is 0 Å². The Morgan fingerprint density at radius 2 is 2.00 bits per heavy atom. The maximum Gasteiger partial charge on any atom is 0.133 e. The van der Waals surface area contributed by atoms with Crippen molar-refractivity contribution in [1.82, 2.24) is 9.97 Å². The number of nitrogens with two attached hydrogens (primary N) is 1. The van der Waals surface area contributed by atoms with Crippen LogP contribution in [0.3, 0.4) is 0 Å². The molecule has 0 spiro atoms. The number of nitrogens with one attached hydrogen (secondary N) is 1. The smallest absolute Gasteiger partial charge is 0.133 e. The summed E-state index contributed by atoms with van der Waals surface area (Å²) in [6, 6.07) is 3.82. The largest absolute Gasteiger partial charge is 0.397 e. The Kier molecular flexibility index (Phi) is 2.72. The molecule has 2 rings (SSSR count). The zero-order valence-electron chi connectivity index (χ0n) is 9.36. The lowest BCUT2D eigenvalue weighted by Crippen LogP contribution is -2.01. The molecule has 0 radical (unpaired) electrons. The highest BCUT2D eigenvalue weighted by Gasteiger charge is 2.05. The Morgan fingerprint density at radius 3 is 2.69 bits per heavy atom. The third-order valence-corrected chi connectivity index (χ3v) is 2.61. The van der Waals surface area contributed by atoms with Gasteiger partial charge in [-0.3, -0.25) is 4.98 Å². The van der Waals surface area contributed by atoms with Crippen LogP contribution in [0.25, 0.3) is 0 Å². The van der Waals surface area contributed by atoms with E-state index in [1.807, 2.05) is 26.0 Å². The van der Waals surface area contributed by atoms with Gasteiger partial charge in [0.05, 0.1) is 23.8 Å². The lowest BCUT2D eigenvalue weighted by atomic mass is 10.1. The first kappa shape index (κ1) is 10.4. The number of nitrogen functional groups attached to an aromatic ring is 1. The Labute approximate surface area is 94.5 Å². The first-order valence-electron chi connectivity index (χ1n) is 5.07. The maximum absolute atomic E-state index is 5.78. The quantitative estimate of drug-likeness (QED) is 0.805. The van der Waals surface area contributed by atoms with E-state index < -0.39 is 0 Å². The van der Waals surface area contributed by atoms with E-state index in [4.69, 9.17) is 5.73 Å². The molecule has 4 heteroatoms. The molecule has 0 aliphatic rings. The van der Waals surface area contributed by atoms with Crippen molar-refractivity contribution >= 4 is 17.2 Å². The van der Waals surface area contributed by atoms with Crippen LogP contribution in [-0.4, -0.2) is 9.97 Å². The van der Waals surface area contributed by atoms with Crippen LogP contribution in [0.4, 0.5) is 17.2 Å². The molecule has 0 amide bonds. The van der Waals surface area contributed by atoms with E-state index in [2.05, 4.69) is 15.3 Å². The number of anilines is 3. The van der Waals surface area contributed by atoms with E-state index in [-0.39, 0.29) is 0 Å². The second-order valence-electron chi connectivity index (χ2n) is 3.68. The molecule has 2 aromatic rings. The fourth-order valence-electron chi connectivity index (χ4n) is 1.42. The third-order valence-electron chi connectivity index (χ3n) is 2.61. The Bertz CT molecular complexity index is 494. The maximum atomic E-state index is 5.78. The third kappa shape index (κ3) is 1.95. The first-order valence-corrected chi connectivity index (χ1v) is 5.07. The summed E-state index contributed by atoms with van der Waals surface area (Å²) in [5.74, 6) is 0.819. The molecule has 2 aromatic heterocycles. The standard InChI is InChI=1S/C12H14N4/c1-8-9(2)12(15-7-11(8)13)16-10-4-3-5-14-6-10/h3-7H,13H2,1-2H3,(H,15,16). The molecule has 0 bridgehead atoms. The van der Waals surface area contributed by atoms with Crippen LogP contribution < -0.4 is 11.1 Å². The molecule has 16 heavy (non-hydrogen) atoms. The van der Waals surface area contributed by atoms with Crippen LogP contribution in [0.15, 0.2) is 30.7 Å². The summed E-state index contributed by atoms with van der Waals surface area (Å²) in [6.45, 7) is 3.98. The molecule has 4 nitrogen and oxygen atoms in total. The summed E-state index contributed by atoms with van der Waals surface area (Å²) in [6.07, 6.45) is 5.16. The lowest BCUT2D eigenvalue weighted by molar-refractivity contribution is 1.21. The summed E-state index contributed by atoms with van der Waals surface area (Å²) >= 11 is 0. The number of aromatic nitrogens is 2. The average molecular weight is 214 g/mol. The molecule has 0 saturated carbocycles. The van der Waals surface area contributed by atoms with Gasteiger partial charge in [-0.1, -0.05) is 0 Å². The van der Waals surface area contributed by atoms with E-state index in [0.717, 1.165) is 22.6 Å². The van der Waals surface area contributed by atoms with Gasteiger partial charge in [0, 0.05) is 6.20 Å². The molecule has 0 saturated heterocycles. The topological polar surface area (TPSA) is 63.8 Å². The van der Waals surface area contributed by atoms with Gasteiger partial charge in [0.2, 0.25) is 0 Å². The second-order valence-corrected chi connectivity index (χ2v) is 3.68. The van der Waals surface area contributed by atoms with E-state index >= 15 is 0 Å². The second kappa shape index (κ2) is 4.18. The average Bonchev–Trinajstić information content (AvgIpc) is 2.31. The van der Waals surface area contributed by atoms with Crippen molar-refractivity contribution in [3.63, 3.8) is 0 Å². The minimum Gasteiger partial charge on any atom is -0.397 e. The van der Waals surface area contributed by atoms with Gasteiger partial charge in [-0.05, 0) is 37.1 Å². The van der Waals surface area contributed by atoms with E-state index in [1.165, 1.54) is 0 Å². The predicted octanol–water partition coefficient (Wildman–Crippen LogP) is 2.42. The molecule has 0 aliphatic carbocycles. The minimum absolute atomic E-state index is 0.717. The molecular formula is C12H14N4. The number of pyridine rings is 2. The van der Waals surface area contributed by atoms with Gasteiger partial charge in [0.15, 0.2) is 0 Å². The summed E-state index contributed by atoms with van der Waals surface area (Å²) in [4.78, 5) is 8.31. The summed E-state index contributed by atoms with van der Waals surface area (Å²) in [5, 5.41) is 3.21. The van der Waals surface area contributed by atoms with Crippen molar-refractivity contribution in [1.29, 1.82) is 0 Å². The van der Waals surface area contributed by atoms with E-state index in [0.29, 0.717) is 5.69 Å². The van der Waals surface area contributed by atoms with Gasteiger partial charge in [0.25, 0.3) is 0 Å². The van der Waals surface area contributed by atoms with E-state index in [1.54, 1.807) is 18.6 Å². The van der Waals surface area contributed by atoms with E-state index in [9.17, 15) is 0 Å². The number of rotatable bonds is 2. The van der Waals surface area contributed by atoms with Gasteiger partial charge in [0.1, 0.15) is 5.82 Å². The molecule has 3 N–H and O–H groups in total. The molecule has 0 fully saturated rings. The highest BCUT2D eigenvalue weighted by atomic mass is 15.0. The highest BCUT2D eigenvalue weighted by Crippen LogP contribution is 2.23. The molecule has 0 unspecified atom stereocenters. The number of nitrogens with zero attached hydrogens (tertiary/aromatic N) is 2. The minimum atomic E-state index is 0.717. The molecule has 2 heterocycles. The van der Waals surface area contributed by atoms with Gasteiger partial charge in [-0.2, -0.15) is 0 Å². The summed E-state index contributed by atoms with van der Waals surface area (Å²) in [5.41, 5.74) is 9.53. The van der Waals surface area contributed by atoms with Crippen molar-refractivity contribution in [2.45, 2.75) is 13.8 Å². The molecule has 0 aliphatic heterocycles. The van der Waals surface area contributed by atoms with Crippen LogP contribution in [0.2, 0.25) is 0 Å². The van der Waals surface area contributed by atoms with Crippen molar-refractivity contribution < 1.29 is 0 Å². The van der Waals surface area contributed by atoms with Gasteiger partial charge in [-0.15, -0.1) is 0 Å².